The van der Waals surface area contributed by atoms with Crippen molar-refractivity contribution in [2.75, 3.05) is 7.11 Å². The van der Waals surface area contributed by atoms with Gasteiger partial charge in [0.15, 0.2) is 5.69 Å². The summed E-state index contributed by atoms with van der Waals surface area (Å²) in [5.41, 5.74) is -0.758. The zero-order chi connectivity index (χ0) is 12.3. The maximum atomic E-state index is 11.4. The lowest BCUT2D eigenvalue weighted by Crippen LogP contribution is -2.30. The summed E-state index contributed by atoms with van der Waals surface area (Å²) < 4.78 is 6.21. The van der Waals surface area contributed by atoms with Gasteiger partial charge in [-0.2, -0.15) is 0 Å². The lowest BCUT2D eigenvalue weighted by molar-refractivity contribution is -0.151. The number of aromatic nitrogens is 2. The van der Waals surface area contributed by atoms with Crippen LogP contribution in [0.15, 0.2) is 12.5 Å². The second kappa shape index (κ2) is 4.34. The van der Waals surface area contributed by atoms with E-state index in [0.29, 0.717) is 6.54 Å². The van der Waals surface area contributed by atoms with Gasteiger partial charge in [-0.3, -0.25) is 4.79 Å². The molecule has 0 unspecified atom stereocenters. The molecule has 1 rings (SSSR count). The highest BCUT2D eigenvalue weighted by molar-refractivity contribution is 5.84. The van der Waals surface area contributed by atoms with Crippen LogP contribution in [0.25, 0.3) is 0 Å². The highest BCUT2D eigenvalue weighted by Crippen LogP contribution is 2.19. The number of hydrogen-bond donors (Lipinski definition) is 1. The predicted octanol–water partition coefficient (Wildman–Crippen LogP) is 0.780. The molecule has 1 aromatic heterocycles. The van der Waals surface area contributed by atoms with Gasteiger partial charge in [0.25, 0.3) is 0 Å². The van der Waals surface area contributed by atoms with Gasteiger partial charge in [-0.1, -0.05) is 0 Å². The van der Waals surface area contributed by atoms with Crippen LogP contribution in [-0.4, -0.2) is 33.7 Å². The van der Waals surface area contributed by atoms with Crippen molar-refractivity contribution in [3.05, 3.63) is 18.2 Å². The molecule has 0 aromatic carbocycles. The van der Waals surface area contributed by atoms with Crippen molar-refractivity contribution in [1.82, 2.24) is 9.55 Å². The first-order chi connectivity index (χ1) is 7.36. The van der Waals surface area contributed by atoms with E-state index in [1.165, 1.54) is 19.6 Å². The number of hydrogen-bond acceptors (Lipinski definition) is 4. The number of methoxy groups -OCH3 is 1. The maximum Gasteiger partial charge on any atom is 0.356 e. The number of esters is 1. The maximum absolute atomic E-state index is 11.4. The van der Waals surface area contributed by atoms with Crippen molar-refractivity contribution in [2.45, 2.75) is 20.4 Å². The van der Waals surface area contributed by atoms with E-state index < -0.39 is 11.4 Å². The second-order valence-corrected chi connectivity index (χ2v) is 4.11. The lowest BCUT2D eigenvalue weighted by atomic mass is 9.94. The molecule has 0 radical (unpaired) electrons. The third kappa shape index (κ3) is 2.59. The summed E-state index contributed by atoms with van der Waals surface area (Å²) in [7, 11) is 1.32. The SMILES string of the molecule is COC(=O)C(C)(C)Cn1cnc(C(=O)O)c1. The van der Waals surface area contributed by atoms with Crippen LogP contribution >= 0.6 is 0 Å². The van der Waals surface area contributed by atoms with E-state index in [1.54, 1.807) is 18.4 Å². The predicted molar refractivity (Wildman–Crippen MR) is 55.0 cm³/mol. The molecule has 0 fully saturated rings. The summed E-state index contributed by atoms with van der Waals surface area (Å²) in [4.78, 5) is 25.7. The monoisotopic (exact) mass is 226 g/mol. The van der Waals surface area contributed by atoms with E-state index in [9.17, 15) is 9.59 Å². The number of carboxylic acid groups (broad SMARTS) is 1. The molecule has 16 heavy (non-hydrogen) atoms. The molecule has 88 valence electrons. The second-order valence-electron chi connectivity index (χ2n) is 4.11. The van der Waals surface area contributed by atoms with Crippen LogP contribution in [0.2, 0.25) is 0 Å². The number of ether oxygens (including phenoxy) is 1. The quantitative estimate of drug-likeness (QED) is 0.767. The van der Waals surface area contributed by atoms with E-state index in [1.807, 2.05) is 0 Å². The average Bonchev–Trinajstić information content (AvgIpc) is 2.64. The molecule has 0 bridgehead atoms. The summed E-state index contributed by atoms with van der Waals surface area (Å²) in [5, 5.41) is 8.68. The first kappa shape index (κ1) is 12.2. The Kier molecular flexibility index (Phi) is 3.31. The number of aromatic carboxylic acids is 1. The van der Waals surface area contributed by atoms with Gasteiger partial charge < -0.3 is 14.4 Å². The summed E-state index contributed by atoms with van der Waals surface area (Å²) in [6.45, 7) is 3.76. The molecule has 0 aliphatic heterocycles. The summed E-state index contributed by atoms with van der Waals surface area (Å²) in [6, 6.07) is 0. The fraction of sp³-hybridized carbons (Fsp3) is 0.500. The van der Waals surface area contributed by atoms with E-state index in [0.717, 1.165) is 0 Å². The minimum atomic E-state index is -1.09. The summed E-state index contributed by atoms with van der Waals surface area (Å²) in [6.07, 6.45) is 2.77. The molecule has 0 spiro atoms. The van der Waals surface area contributed by atoms with E-state index in [4.69, 9.17) is 5.11 Å². The number of rotatable bonds is 4. The molecule has 1 heterocycles. The largest absolute Gasteiger partial charge is 0.476 e. The van der Waals surface area contributed by atoms with Gasteiger partial charge in [-0.05, 0) is 13.8 Å². The Labute approximate surface area is 92.9 Å². The Balaban J connectivity index is 2.80. The Bertz CT molecular complexity index is 409. The van der Waals surface area contributed by atoms with E-state index in [-0.39, 0.29) is 11.7 Å². The third-order valence-corrected chi connectivity index (χ3v) is 2.17. The Morgan fingerprint density at radius 3 is 2.62 bits per heavy atom. The fourth-order valence-corrected chi connectivity index (χ4v) is 1.35. The van der Waals surface area contributed by atoms with Gasteiger partial charge in [0.2, 0.25) is 0 Å². The third-order valence-electron chi connectivity index (χ3n) is 2.17. The van der Waals surface area contributed by atoms with Gasteiger partial charge in [0.1, 0.15) is 0 Å². The van der Waals surface area contributed by atoms with Crippen molar-refractivity contribution >= 4 is 11.9 Å². The molecule has 0 saturated carbocycles. The molecular formula is C10H14N2O4. The first-order valence-electron chi connectivity index (χ1n) is 4.70. The van der Waals surface area contributed by atoms with Crippen LogP contribution in [0.1, 0.15) is 24.3 Å². The highest BCUT2D eigenvalue weighted by atomic mass is 16.5. The molecule has 0 atom stereocenters. The van der Waals surface area contributed by atoms with E-state index in [2.05, 4.69) is 9.72 Å². The number of carbonyl (C=O) groups is 2. The molecule has 6 heteroatoms. The number of nitrogens with zero attached hydrogens (tertiary/aromatic N) is 2. The van der Waals surface area contributed by atoms with Gasteiger partial charge in [-0.15, -0.1) is 0 Å². The van der Waals surface area contributed by atoms with Crippen LogP contribution in [-0.2, 0) is 16.1 Å². The normalized spacial score (nSPS) is 11.2. The Hall–Kier alpha value is -1.85. The number of carbonyl (C=O) groups excluding carboxylic acids is 1. The molecule has 0 amide bonds. The zero-order valence-electron chi connectivity index (χ0n) is 9.43. The minimum Gasteiger partial charge on any atom is -0.476 e. The van der Waals surface area contributed by atoms with Crippen molar-refractivity contribution in [1.29, 1.82) is 0 Å². The van der Waals surface area contributed by atoms with Gasteiger partial charge in [0.05, 0.1) is 18.9 Å². The standard InChI is InChI=1S/C10H14N2O4/c1-10(2,9(15)16-3)5-12-4-7(8(13)14)11-6-12/h4,6H,5H2,1-3H3,(H,13,14). The fourth-order valence-electron chi connectivity index (χ4n) is 1.35. The van der Waals surface area contributed by atoms with Gasteiger partial charge in [-0.25, -0.2) is 9.78 Å². The lowest BCUT2D eigenvalue weighted by Gasteiger charge is -2.21. The molecular weight excluding hydrogens is 212 g/mol. The van der Waals surface area contributed by atoms with Gasteiger partial charge in [0, 0.05) is 12.7 Å². The Morgan fingerprint density at radius 2 is 2.19 bits per heavy atom. The smallest absolute Gasteiger partial charge is 0.356 e. The molecule has 0 saturated heterocycles. The average molecular weight is 226 g/mol. The molecule has 0 aliphatic rings. The summed E-state index contributed by atoms with van der Waals surface area (Å²) in [5.74, 6) is -1.44. The number of carboxylic acids is 1. The summed E-state index contributed by atoms with van der Waals surface area (Å²) >= 11 is 0. The van der Waals surface area contributed by atoms with Crippen LogP contribution in [0.3, 0.4) is 0 Å². The zero-order valence-corrected chi connectivity index (χ0v) is 9.43. The molecule has 1 aromatic rings. The topological polar surface area (TPSA) is 81.4 Å². The van der Waals surface area contributed by atoms with Gasteiger partial charge >= 0.3 is 11.9 Å². The first-order valence-corrected chi connectivity index (χ1v) is 4.70. The van der Waals surface area contributed by atoms with Crippen LogP contribution in [0.5, 0.6) is 0 Å². The Morgan fingerprint density at radius 1 is 1.56 bits per heavy atom. The molecule has 6 nitrogen and oxygen atoms in total. The van der Waals surface area contributed by atoms with Crippen molar-refractivity contribution < 1.29 is 19.4 Å². The van der Waals surface area contributed by atoms with Crippen LogP contribution < -0.4 is 0 Å². The molecule has 1 N–H and O–H groups in total. The van der Waals surface area contributed by atoms with Crippen LogP contribution in [0, 0.1) is 5.41 Å². The molecule has 0 aliphatic carbocycles. The highest BCUT2D eigenvalue weighted by Gasteiger charge is 2.29. The van der Waals surface area contributed by atoms with Crippen LogP contribution in [0.4, 0.5) is 0 Å². The van der Waals surface area contributed by atoms with Crippen molar-refractivity contribution in [3.8, 4) is 0 Å². The minimum absolute atomic E-state index is 0.0411. The van der Waals surface area contributed by atoms with Crippen molar-refractivity contribution in [3.63, 3.8) is 0 Å². The number of imidazole rings is 1. The van der Waals surface area contributed by atoms with Crippen molar-refractivity contribution in [2.24, 2.45) is 5.41 Å². The van der Waals surface area contributed by atoms with E-state index >= 15 is 0 Å².